The average Bonchev–Trinajstić information content (AvgIpc) is 2.58. The quantitative estimate of drug-likeness (QED) is 0.445. The van der Waals surface area contributed by atoms with Gasteiger partial charge in [0.25, 0.3) is 0 Å². The van der Waals surface area contributed by atoms with Crippen molar-refractivity contribution < 1.29 is 45.0 Å². The summed E-state index contributed by atoms with van der Waals surface area (Å²) >= 11 is 0. The van der Waals surface area contributed by atoms with Gasteiger partial charge < -0.3 is 45.0 Å². The topological polar surface area (TPSA) is 114 Å². The largest absolute Gasteiger partial charge is 0.663 e. The van der Waals surface area contributed by atoms with Gasteiger partial charge in [-0.25, -0.2) is 0 Å². The van der Waals surface area contributed by atoms with Crippen LogP contribution in [0, 0.1) is 0 Å². The van der Waals surface area contributed by atoms with Gasteiger partial charge in [0.1, 0.15) is 0 Å². The Morgan fingerprint density at radius 3 is 1.09 bits per heavy atom. The highest BCUT2D eigenvalue weighted by Gasteiger charge is 2.49. The molecule has 2 N–H and O–H groups in total. The minimum atomic E-state index is -3.33. The minimum absolute atomic E-state index is 0. The molecule has 0 bridgehead atoms. The summed E-state index contributed by atoms with van der Waals surface area (Å²) in [5.41, 5.74) is 0. The molecule has 10 nitrogen and oxygen atoms in total. The first-order chi connectivity index (χ1) is 10.5. The Bertz CT molecular complexity index is 187. The Hall–Kier alpha value is 0.251. The Balaban J connectivity index is -0.000000267. The third-order valence-electron chi connectivity index (χ3n) is 1.75. The van der Waals surface area contributed by atoms with Crippen LogP contribution < -0.4 is 0 Å². The molecule has 0 amide bonds. The zero-order valence-electron chi connectivity index (χ0n) is 14.5. The lowest BCUT2D eigenvalue weighted by atomic mass is 10.9. The second-order valence-corrected chi connectivity index (χ2v) is 9.72. The van der Waals surface area contributed by atoms with E-state index in [1.807, 2.05) is 0 Å². The number of aliphatic hydroxyl groups is 2. The lowest BCUT2D eigenvalue weighted by molar-refractivity contribution is 0.0291. The molecular formula is C10H34O10Si3. The molecule has 0 radical (unpaired) electrons. The van der Waals surface area contributed by atoms with E-state index in [1.165, 1.54) is 42.7 Å². The maximum atomic E-state index is 7.57. The standard InChI is InChI=1S/C6H20O8Si3.C2H6O.CH4O.CH4/c1-7-15(8-2)13-17(11-5,12-6)14-16(9-3)10-4;1-2-3;1-2;/h15-16H,1-6H3;3H,2H2,1H3;2H,1H3;1H4. The van der Waals surface area contributed by atoms with E-state index in [4.69, 9.17) is 45.0 Å². The molecule has 0 aliphatic carbocycles. The molecule has 0 fully saturated rings. The molecular weight excluding hydrogens is 364 g/mol. The molecule has 0 rings (SSSR count). The van der Waals surface area contributed by atoms with Crippen molar-refractivity contribution in [3.63, 3.8) is 0 Å². The normalized spacial score (nSPS) is 10.4. The van der Waals surface area contributed by atoms with Gasteiger partial charge in [-0.1, -0.05) is 7.43 Å². The van der Waals surface area contributed by atoms with Gasteiger partial charge in [0.15, 0.2) is 0 Å². The fourth-order valence-corrected chi connectivity index (χ4v) is 7.16. The van der Waals surface area contributed by atoms with Crippen molar-refractivity contribution in [3.8, 4) is 0 Å². The summed E-state index contributed by atoms with van der Waals surface area (Å²) < 4.78 is 41.5. The molecule has 0 aliphatic heterocycles. The van der Waals surface area contributed by atoms with Gasteiger partial charge in [-0.3, -0.25) is 0 Å². The van der Waals surface area contributed by atoms with E-state index >= 15 is 0 Å². The summed E-state index contributed by atoms with van der Waals surface area (Å²) in [6.07, 6.45) is 0. The van der Waals surface area contributed by atoms with Crippen LogP contribution in [-0.4, -0.2) is 94.7 Å². The first-order valence-corrected chi connectivity index (χ1v) is 10.6. The lowest BCUT2D eigenvalue weighted by Crippen LogP contribution is -2.55. The highest BCUT2D eigenvalue weighted by Crippen LogP contribution is 2.13. The Morgan fingerprint density at radius 2 is 0.957 bits per heavy atom. The molecule has 0 unspecified atom stereocenters. The molecule has 13 heteroatoms. The molecule has 23 heavy (non-hydrogen) atoms. The van der Waals surface area contributed by atoms with Gasteiger partial charge in [-0.15, -0.1) is 0 Å². The highest BCUT2D eigenvalue weighted by molar-refractivity contribution is 6.67. The van der Waals surface area contributed by atoms with Crippen molar-refractivity contribution in [1.82, 2.24) is 0 Å². The maximum absolute atomic E-state index is 7.57. The lowest BCUT2D eigenvalue weighted by Gasteiger charge is -2.29. The van der Waals surface area contributed by atoms with Gasteiger partial charge in [-0.2, -0.15) is 0 Å². The third kappa shape index (κ3) is 15.5. The van der Waals surface area contributed by atoms with Crippen LogP contribution >= 0.6 is 0 Å². The maximum Gasteiger partial charge on any atom is 0.663 e. The summed E-state index contributed by atoms with van der Waals surface area (Å²) in [5.74, 6) is 0. The van der Waals surface area contributed by atoms with E-state index in [9.17, 15) is 0 Å². The molecule has 0 aromatic carbocycles. The Kier molecular flexibility index (Phi) is 30.1. The molecule has 0 saturated heterocycles. The first-order valence-electron chi connectivity index (χ1n) is 6.15. The van der Waals surface area contributed by atoms with E-state index in [1.54, 1.807) is 6.92 Å². The Morgan fingerprint density at radius 1 is 0.739 bits per heavy atom. The van der Waals surface area contributed by atoms with Crippen molar-refractivity contribution >= 4 is 28.1 Å². The molecule has 0 heterocycles. The van der Waals surface area contributed by atoms with Gasteiger partial charge in [0.2, 0.25) is 0 Å². The zero-order chi connectivity index (χ0) is 18.0. The minimum Gasteiger partial charge on any atom is -0.400 e. The first kappa shape index (κ1) is 31.1. The fourth-order valence-electron chi connectivity index (χ4n) is 0.924. The van der Waals surface area contributed by atoms with E-state index in [-0.39, 0.29) is 14.0 Å². The SMILES string of the molecule is C.CCO.CO.CO[SiH](OC)O[Si](OC)(OC)O[SiH](OC)OC. The predicted octanol–water partition coefficient (Wildman–Crippen LogP) is -0.989. The molecule has 0 aromatic heterocycles. The van der Waals surface area contributed by atoms with E-state index < -0.39 is 28.1 Å². The summed E-state index contributed by atoms with van der Waals surface area (Å²) in [4.78, 5) is 0. The molecule has 0 aromatic rings. The molecule has 0 aliphatic rings. The number of rotatable bonds is 10. The average molecular weight is 399 g/mol. The van der Waals surface area contributed by atoms with Crippen molar-refractivity contribution in [2.45, 2.75) is 14.4 Å². The van der Waals surface area contributed by atoms with Gasteiger partial charge >= 0.3 is 28.1 Å². The molecule has 0 spiro atoms. The fraction of sp³-hybridized carbons (Fsp3) is 1.00. The van der Waals surface area contributed by atoms with Crippen LogP contribution in [0.1, 0.15) is 14.4 Å². The van der Waals surface area contributed by atoms with Crippen LogP contribution in [-0.2, 0) is 34.8 Å². The summed E-state index contributed by atoms with van der Waals surface area (Å²) in [5, 5.41) is 14.6. The van der Waals surface area contributed by atoms with Crippen molar-refractivity contribution in [3.05, 3.63) is 0 Å². The van der Waals surface area contributed by atoms with Crippen LogP contribution in [0.4, 0.5) is 0 Å². The van der Waals surface area contributed by atoms with Crippen LogP contribution in [0.2, 0.25) is 0 Å². The van der Waals surface area contributed by atoms with Crippen LogP contribution in [0.15, 0.2) is 0 Å². The van der Waals surface area contributed by atoms with E-state index in [2.05, 4.69) is 0 Å². The zero-order valence-corrected chi connectivity index (χ0v) is 17.8. The molecule has 0 saturated carbocycles. The second kappa shape index (κ2) is 22.3. The summed E-state index contributed by atoms with van der Waals surface area (Å²) in [6.45, 7) is 1.93. The van der Waals surface area contributed by atoms with Gasteiger partial charge in [0.05, 0.1) is 0 Å². The smallest absolute Gasteiger partial charge is 0.400 e. The van der Waals surface area contributed by atoms with Crippen LogP contribution in [0.3, 0.4) is 0 Å². The number of aliphatic hydroxyl groups excluding tert-OH is 2. The molecule has 146 valence electrons. The third-order valence-corrected chi connectivity index (χ3v) is 8.14. The monoisotopic (exact) mass is 398 g/mol. The van der Waals surface area contributed by atoms with Crippen molar-refractivity contribution in [2.75, 3.05) is 56.4 Å². The predicted molar refractivity (Wildman–Crippen MR) is 91.9 cm³/mol. The van der Waals surface area contributed by atoms with Crippen molar-refractivity contribution in [2.24, 2.45) is 0 Å². The second-order valence-electron chi connectivity index (χ2n) is 2.98. The van der Waals surface area contributed by atoms with E-state index in [0.29, 0.717) is 0 Å². The number of hydrogen-bond donors (Lipinski definition) is 2. The van der Waals surface area contributed by atoms with Gasteiger partial charge in [0, 0.05) is 56.4 Å². The van der Waals surface area contributed by atoms with Gasteiger partial charge in [-0.05, 0) is 6.92 Å². The summed E-state index contributed by atoms with van der Waals surface area (Å²) in [7, 11) is 1.75. The van der Waals surface area contributed by atoms with E-state index in [0.717, 1.165) is 7.11 Å². The number of hydrogen-bond acceptors (Lipinski definition) is 10. The highest BCUT2D eigenvalue weighted by atomic mass is 28.5. The molecule has 0 atom stereocenters. The summed E-state index contributed by atoms with van der Waals surface area (Å²) in [6, 6.07) is 0. The Labute approximate surface area is 144 Å². The van der Waals surface area contributed by atoms with Crippen molar-refractivity contribution in [1.29, 1.82) is 0 Å². The van der Waals surface area contributed by atoms with Crippen LogP contribution in [0.5, 0.6) is 0 Å². The van der Waals surface area contributed by atoms with Crippen LogP contribution in [0.25, 0.3) is 0 Å².